The number of unbranched alkanes of at least 4 members (excludes halogenated alkanes) is 2. The molecule has 0 N–H and O–H groups in total. The van der Waals surface area contributed by atoms with E-state index in [9.17, 15) is 4.79 Å². The van der Waals surface area contributed by atoms with Crippen LogP contribution in [0.2, 0.25) is 0 Å². The summed E-state index contributed by atoms with van der Waals surface area (Å²) in [6, 6.07) is 1.74. The van der Waals surface area contributed by atoms with Crippen LogP contribution in [0.15, 0.2) is 0 Å². The summed E-state index contributed by atoms with van der Waals surface area (Å²) >= 11 is 0. The highest BCUT2D eigenvalue weighted by Gasteiger charge is 2.36. The van der Waals surface area contributed by atoms with Crippen molar-refractivity contribution < 1.29 is 4.79 Å². The average Bonchev–Trinajstić information content (AvgIpc) is 2.71. The van der Waals surface area contributed by atoms with Crippen LogP contribution >= 0.6 is 0 Å². The predicted octanol–water partition coefficient (Wildman–Crippen LogP) is 3.58. The fraction of sp³-hybridized carbons (Fsp3) is 0.941. The normalized spacial score (nSPS) is 25.2. The van der Waals surface area contributed by atoms with Crippen molar-refractivity contribution in [2.24, 2.45) is 0 Å². The molecule has 2 heterocycles. The number of rotatable bonds is 5. The Balaban J connectivity index is 0.000000521. The van der Waals surface area contributed by atoms with E-state index in [0.717, 1.165) is 18.4 Å². The molecule has 2 rings (SSSR count). The Morgan fingerprint density at radius 2 is 1.55 bits per heavy atom. The lowest BCUT2D eigenvalue weighted by atomic mass is 10.2. The lowest BCUT2D eigenvalue weighted by Crippen LogP contribution is -2.51. The second-order valence-electron chi connectivity index (χ2n) is 5.59. The van der Waals surface area contributed by atoms with Crippen LogP contribution in [0.4, 0.5) is 0 Å². The number of hydrogen-bond donors (Lipinski definition) is 0. The largest absolute Gasteiger partial charge is 0.303 e. The van der Waals surface area contributed by atoms with Crippen LogP contribution < -0.4 is 0 Å². The maximum atomic E-state index is 9.17. The quantitative estimate of drug-likeness (QED) is 0.569. The van der Waals surface area contributed by atoms with Crippen molar-refractivity contribution in [3.8, 4) is 0 Å². The molecule has 0 saturated carbocycles. The highest BCUT2D eigenvalue weighted by Crippen LogP contribution is 2.28. The third-order valence-electron chi connectivity index (χ3n) is 4.17. The van der Waals surface area contributed by atoms with Crippen LogP contribution in [-0.4, -0.2) is 54.9 Å². The lowest BCUT2D eigenvalue weighted by molar-refractivity contribution is -0.107. The Morgan fingerprint density at radius 3 is 1.95 bits per heavy atom. The molecule has 2 saturated heterocycles. The van der Waals surface area contributed by atoms with Gasteiger partial charge in [-0.2, -0.15) is 0 Å². The average molecular weight is 284 g/mol. The van der Waals surface area contributed by atoms with Crippen LogP contribution in [0.5, 0.6) is 0 Å². The number of carbonyl (C=O) groups is 1. The molecular weight excluding hydrogens is 248 g/mol. The van der Waals surface area contributed by atoms with E-state index in [1.807, 2.05) is 20.8 Å². The molecule has 0 aliphatic carbocycles. The molecule has 0 aromatic rings. The van der Waals surface area contributed by atoms with Gasteiger partial charge in [-0.05, 0) is 32.9 Å². The van der Waals surface area contributed by atoms with Crippen molar-refractivity contribution in [2.45, 2.75) is 78.3 Å². The number of likely N-dealkylation sites (N-methyl/N-ethyl adjacent to an activating group) is 1. The van der Waals surface area contributed by atoms with Crippen LogP contribution in [0.25, 0.3) is 0 Å². The van der Waals surface area contributed by atoms with E-state index in [4.69, 9.17) is 0 Å². The molecule has 2 atom stereocenters. The summed E-state index contributed by atoms with van der Waals surface area (Å²) in [5, 5.41) is 0. The van der Waals surface area contributed by atoms with Gasteiger partial charge in [0.1, 0.15) is 6.29 Å². The summed E-state index contributed by atoms with van der Waals surface area (Å²) in [4.78, 5) is 14.5. The maximum absolute atomic E-state index is 9.17. The van der Waals surface area contributed by atoms with Crippen molar-refractivity contribution in [3.63, 3.8) is 0 Å². The van der Waals surface area contributed by atoms with Crippen molar-refractivity contribution in [1.29, 1.82) is 0 Å². The van der Waals surface area contributed by atoms with E-state index >= 15 is 0 Å². The molecule has 0 spiro atoms. The predicted molar refractivity (Wildman–Crippen MR) is 88.2 cm³/mol. The molecule has 2 bridgehead atoms. The van der Waals surface area contributed by atoms with Gasteiger partial charge in [0.15, 0.2) is 0 Å². The van der Waals surface area contributed by atoms with Gasteiger partial charge in [0, 0.05) is 31.6 Å². The molecular formula is C17H36N2O. The first kappa shape index (κ1) is 19.6. The monoisotopic (exact) mass is 284 g/mol. The minimum atomic E-state index is 0.639. The maximum Gasteiger partial charge on any atom is 0.119 e. The summed E-state index contributed by atoms with van der Waals surface area (Å²) in [7, 11) is 2.31. The molecule has 2 aliphatic rings. The van der Waals surface area contributed by atoms with Gasteiger partial charge in [-0.25, -0.2) is 0 Å². The first-order chi connectivity index (χ1) is 9.72. The summed E-state index contributed by atoms with van der Waals surface area (Å²) in [6.45, 7) is 12.1. The first-order valence-corrected chi connectivity index (χ1v) is 8.60. The molecule has 20 heavy (non-hydrogen) atoms. The Morgan fingerprint density at radius 1 is 1.05 bits per heavy atom. The fourth-order valence-electron chi connectivity index (χ4n) is 2.97. The zero-order valence-electron chi connectivity index (χ0n) is 14.4. The second-order valence-corrected chi connectivity index (χ2v) is 5.59. The number of likely N-dealkylation sites (tertiary alicyclic amines) is 1. The molecule has 2 fully saturated rings. The Hall–Kier alpha value is -0.410. The topological polar surface area (TPSA) is 23.6 Å². The molecule has 0 aromatic carbocycles. The van der Waals surface area contributed by atoms with E-state index in [-0.39, 0.29) is 0 Å². The van der Waals surface area contributed by atoms with Gasteiger partial charge in [0.05, 0.1) is 0 Å². The van der Waals surface area contributed by atoms with Gasteiger partial charge in [0.25, 0.3) is 0 Å². The Labute approximate surface area is 126 Å². The zero-order valence-corrected chi connectivity index (χ0v) is 14.4. The van der Waals surface area contributed by atoms with Gasteiger partial charge in [-0.1, -0.05) is 40.5 Å². The number of carbonyl (C=O) groups excluding carboxylic acids is 1. The minimum absolute atomic E-state index is 0.639. The smallest absolute Gasteiger partial charge is 0.119 e. The Kier molecular flexibility index (Phi) is 12.1. The summed E-state index contributed by atoms with van der Waals surface area (Å²) in [6.07, 6.45) is 8.54. The highest BCUT2D eigenvalue weighted by atomic mass is 16.1. The highest BCUT2D eigenvalue weighted by molar-refractivity contribution is 5.48. The number of fused-ring (bicyclic) bond motifs is 2. The second kappa shape index (κ2) is 12.3. The van der Waals surface area contributed by atoms with Crippen molar-refractivity contribution >= 4 is 6.29 Å². The number of piperazine rings is 1. The van der Waals surface area contributed by atoms with Gasteiger partial charge in [0.2, 0.25) is 0 Å². The number of hydrogen-bond acceptors (Lipinski definition) is 3. The van der Waals surface area contributed by atoms with Crippen LogP contribution in [-0.2, 0) is 4.79 Å². The zero-order chi connectivity index (χ0) is 15.4. The standard InChI is InChI=1S/C12H24N2.C3H6O.C2H6/c1-3-4-5-8-14-9-11-6-7-12(10-14)13(11)2;1-2-3-4;1-2/h11-12H,3-10H2,1-2H3;3H,2H2,1H3;1-2H3/t11-,12+;;. The molecule has 0 amide bonds. The van der Waals surface area contributed by atoms with Crippen LogP contribution in [0, 0.1) is 0 Å². The van der Waals surface area contributed by atoms with Crippen molar-refractivity contribution in [3.05, 3.63) is 0 Å². The van der Waals surface area contributed by atoms with Gasteiger partial charge in [-0.15, -0.1) is 0 Å². The van der Waals surface area contributed by atoms with E-state index in [1.165, 1.54) is 51.7 Å². The SMILES string of the molecule is CC.CCC=O.CCCCCN1C[C@H]2CC[C@@H](C1)N2C. The minimum Gasteiger partial charge on any atom is -0.303 e. The van der Waals surface area contributed by atoms with Gasteiger partial charge < -0.3 is 9.69 Å². The van der Waals surface area contributed by atoms with Crippen LogP contribution in [0.1, 0.15) is 66.2 Å². The number of nitrogens with zero attached hydrogens (tertiary/aromatic N) is 2. The third kappa shape index (κ3) is 6.85. The van der Waals surface area contributed by atoms with E-state index in [2.05, 4.69) is 23.8 Å². The lowest BCUT2D eigenvalue weighted by Gasteiger charge is -2.38. The van der Waals surface area contributed by atoms with Crippen LogP contribution in [0.3, 0.4) is 0 Å². The molecule has 120 valence electrons. The third-order valence-corrected chi connectivity index (χ3v) is 4.17. The molecule has 3 nitrogen and oxygen atoms in total. The molecule has 0 unspecified atom stereocenters. The molecule has 0 radical (unpaired) electrons. The summed E-state index contributed by atoms with van der Waals surface area (Å²) in [5.41, 5.74) is 0. The molecule has 3 heteroatoms. The van der Waals surface area contributed by atoms with E-state index < -0.39 is 0 Å². The number of aldehydes is 1. The Bertz CT molecular complexity index is 219. The van der Waals surface area contributed by atoms with Gasteiger partial charge in [-0.3, -0.25) is 4.90 Å². The van der Waals surface area contributed by atoms with Crippen molar-refractivity contribution in [2.75, 3.05) is 26.7 Å². The molecule has 2 aliphatic heterocycles. The summed E-state index contributed by atoms with van der Waals surface area (Å²) < 4.78 is 0. The summed E-state index contributed by atoms with van der Waals surface area (Å²) in [5.74, 6) is 0. The van der Waals surface area contributed by atoms with Gasteiger partial charge >= 0.3 is 0 Å². The van der Waals surface area contributed by atoms with Crippen molar-refractivity contribution in [1.82, 2.24) is 9.80 Å². The first-order valence-electron chi connectivity index (χ1n) is 8.60. The van der Waals surface area contributed by atoms with E-state index in [1.54, 1.807) is 0 Å². The van der Waals surface area contributed by atoms with E-state index in [0.29, 0.717) is 6.42 Å². The molecule has 0 aromatic heterocycles. The fourth-order valence-corrected chi connectivity index (χ4v) is 2.97.